The molecule has 148 valence electrons. The zero-order chi connectivity index (χ0) is 18.9. The van der Waals surface area contributed by atoms with Crippen molar-refractivity contribution in [2.24, 2.45) is 28.6 Å². The van der Waals surface area contributed by atoms with E-state index >= 15 is 0 Å². The van der Waals surface area contributed by atoms with Crippen LogP contribution < -0.4 is 0 Å². The van der Waals surface area contributed by atoms with Gasteiger partial charge in [-0.3, -0.25) is 4.55 Å². The standard InChI is InChI=1S/C19H30O6S/c1-18-7-5-12(20)9-11(18)10-15(21)17-13-3-4-16(25-26(22,23)24)19(13,2)8-6-14(17)18/h10,12-17,20-21H,3-9H2,1-2H3,(H,22,23,24)/t12-,13?,14?,15?,16-,17?,18-,19-/m0/s1. The molecule has 4 aliphatic carbocycles. The molecule has 26 heavy (non-hydrogen) atoms. The molecular formula is C19H30O6S. The number of aliphatic hydroxyl groups excluding tert-OH is 2. The van der Waals surface area contributed by atoms with Crippen LogP contribution in [0, 0.1) is 28.6 Å². The predicted molar refractivity (Wildman–Crippen MR) is 95.5 cm³/mol. The van der Waals surface area contributed by atoms with Crippen LogP contribution in [0.5, 0.6) is 0 Å². The molecule has 6 nitrogen and oxygen atoms in total. The number of hydrogen-bond acceptors (Lipinski definition) is 5. The fraction of sp³-hybridized carbons (Fsp3) is 0.895. The molecule has 0 aromatic carbocycles. The molecular weight excluding hydrogens is 356 g/mol. The summed E-state index contributed by atoms with van der Waals surface area (Å²) in [7, 11) is -4.48. The first-order valence-corrected chi connectivity index (χ1v) is 11.1. The molecule has 8 atom stereocenters. The molecule has 0 radical (unpaired) electrons. The van der Waals surface area contributed by atoms with Gasteiger partial charge in [0.15, 0.2) is 0 Å². The van der Waals surface area contributed by atoms with E-state index < -0.39 is 22.6 Å². The maximum absolute atomic E-state index is 11.3. The van der Waals surface area contributed by atoms with E-state index in [1.807, 2.05) is 6.08 Å². The smallest absolute Gasteiger partial charge is 0.393 e. The van der Waals surface area contributed by atoms with Crippen molar-refractivity contribution < 1.29 is 27.4 Å². The van der Waals surface area contributed by atoms with Gasteiger partial charge in [0.2, 0.25) is 0 Å². The fourth-order valence-corrected chi connectivity index (χ4v) is 7.50. The summed E-state index contributed by atoms with van der Waals surface area (Å²) in [6.07, 6.45) is 6.06. The van der Waals surface area contributed by atoms with Crippen LogP contribution in [0.1, 0.15) is 58.8 Å². The van der Waals surface area contributed by atoms with E-state index in [-0.39, 0.29) is 28.8 Å². The second-order valence-corrected chi connectivity index (χ2v) is 10.5. The summed E-state index contributed by atoms with van der Waals surface area (Å²) in [5, 5.41) is 21.0. The van der Waals surface area contributed by atoms with Gasteiger partial charge in [-0.05, 0) is 73.5 Å². The van der Waals surface area contributed by atoms with Gasteiger partial charge in [-0.1, -0.05) is 25.5 Å². The van der Waals surface area contributed by atoms with Crippen molar-refractivity contribution in [2.75, 3.05) is 0 Å². The zero-order valence-corrected chi connectivity index (χ0v) is 16.3. The highest BCUT2D eigenvalue weighted by atomic mass is 32.3. The van der Waals surface area contributed by atoms with Gasteiger partial charge in [0.1, 0.15) is 0 Å². The Balaban J connectivity index is 1.67. The molecule has 0 amide bonds. The molecule has 0 aliphatic heterocycles. The summed E-state index contributed by atoms with van der Waals surface area (Å²) in [5.41, 5.74) is 0.845. The van der Waals surface area contributed by atoms with E-state index in [1.54, 1.807) is 0 Å². The van der Waals surface area contributed by atoms with Gasteiger partial charge in [-0.2, -0.15) is 8.42 Å². The number of fused-ring (bicyclic) bond motifs is 5. The van der Waals surface area contributed by atoms with Crippen LogP contribution in [0.25, 0.3) is 0 Å². The SMILES string of the molecule is C[C@]12CC[C@H](O)CC1=CC(O)C1C2CC[C@@]2(C)C1CC[C@@H]2OS(=O)(=O)O. The maximum Gasteiger partial charge on any atom is 0.397 e. The fourth-order valence-electron chi connectivity index (χ4n) is 6.89. The lowest BCUT2D eigenvalue weighted by Crippen LogP contribution is -2.55. The van der Waals surface area contributed by atoms with Crippen LogP contribution >= 0.6 is 0 Å². The Morgan fingerprint density at radius 2 is 1.81 bits per heavy atom. The molecule has 0 heterocycles. The maximum atomic E-state index is 11.3. The molecule has 4 unspecified atom stereocenters. The largest absolute Gasteiger partial charge is 0.397 e. The van der Waals surface area contributed by atoms with Crippen molar-refractivity contribution in [1.82, 2.24) is 0 Å². The molecule has 0 saturated heterocycles. The summed E-state index contributed by atoms with van der Waals surface area (Å²) in [5.74, 6) is 0.588. The van der Waals surface area contributed by atoms with E-state index in [0.29, 0.717) is 18.8 Å². The van der Waals surface area contributed by atoms with Crippen molar-refractivity contribution in [2.45, 2.75) is 77.1 Å². The van der Waals surface area contributed by atoms with Crippen LogP contribution in [-0.4, -0.2) is 41.5 Å². The lowest BCUT2D eigenvalue weighted by atomic mass is 9.47. The van der Waals surface area contributed by atoms with Crippen LogP contribution in [0.15, 0.2) is 11.6 Å². The summed E-state index contributed by atoms with van der Waals surface area (Å²) < 4.78 is 36.7. The molecule has 3 saturated carbocycles. The van der Waals surface area contributed by atoms with Crippen LogP contribution in [0.3, 0.4) is 0 Å². The van der Waals surface area contributed by atoms with Crippen molar-refractivity contribution in [3.63, 3.8) is 0 Å². The Hall–Kier alpha value is -0.470. The lowest BCUT2D eigenvalue weighted by Gasteiger charge is -2.58. The first kappa shape index (κ1) is 18.9. The average molecular weight is 387 g/mol. The topological polar surface area (TPSA) is 104 Å². The van der Waals surface area contributed by atoms with Crippen molar-refractivity contribution in [1.29, 1.82) is 0 Å². The van der Waals surface area contributed by atoms with Crippen LogP contribution in [0.2, 0.25) is 0 Å². The second kappa shape index (κ2) is 6.01. The number of hydrogen-bond donors (Lipinski definition) is 3. The highest BCUT2D eigenvalue weighted by molar-refractivity contribution is 7.80. The first-order valence-electron chi connectivity index (χ1n) is 9.77. The van der Waals surface area contributed by atoms with Gasteiger partial charge in [0, 0.05) is 0 Å². The Bertz CT molecular complexity index is 718. The van der Waals surface area contributed by atoms with Gasteiger partial charge >= 0.3 is 10.4 Å². The van der Waals surface area contributed by atoms with E-state index in [1.165, 1.54) is 5.57 Å². The third kappa shape index (κ3) is 2.78. The quantitative estimate of drug-likeness (QED) is 0.497. The predicted octanol–water partition coefficient (Wildman–Crippen LogP) is 2.47. The average Bonchev–Trinajstić information content (AvgIpc) is 2.84. The summed E-state index contributed by atoms with van der Waals surface area (Å²) >= 11 is 0. The molecule has 0 spiro atoms. The molecule has 3 fully saturated rings. The summed E-state index contributed by atoms with van der Waals surface area (Å²) in [4.78, 5) is 0. The Morgan fingerprint density at radius 1 is 1.08 bits per heavy atom. The van der Waals surface area contributed by atoms with Gasteiger partial charge in [0.25, 0.3) is 0 Å². The van der Waals surface area contributed by atoms with Crippen molar-refractivity contribution in [3.05, 3.63) is 11.6 Å². The third-order valence-corrected chi connectivity index (χ3v) is 8.73. The van der Waals surface area contributed by atoms with Gasteiger partial charge in [0.05, 0.1) is 18.3 Å². The first-order chi connectivity index (χ1) is 12.0. The molecule has 3 N–H and O–H groups in total. The molecule has 7 heteroatoms. The molecule has 4 rings (SSSR count). The minimum Gasteiger partial charge on any atom is -0.393 e. The van der Waals surface area contributed by atoms with Crippen molar-refractivity contribution >= 4 is 10.4 Å². The Labute approximate surface area is 155 Å². The van der Waals surface area contributed by atoms with E-state index in [2.05, 4.69) is 13.8 Å². The molecule has 0 bridgehead atoms. The minimum atomic E-state index is -4.48. The highest BCUT2D eigenvalue weighted by Gasteiger charge is 2.61. The minimum absolute atomic E-state index is 0.00640. The van der Waals surface area contributed by atoms with Gasteiger partial charge in [-0.15, -0.1) is 0 Å². The number of rotatable bonds is 2. The van der Waals surface area contributed by atoms with Crippen molar-refractivity contribution in [3.8, 4) is 0 Å². The summed E-state index contributed by atoms with van der Waals surface area (Å²) in [6, 6.07) is 0. The Morgan fingerprint density at radius 3 is 2.50 bits per heavy atom. The van der Waals surface area contributed by atoms with E-state index in [0.717, 1.165) is 32.1 Å². The van der Waals surface area contributed by atoms with Crippen LogP contribution in [0.4, 0.5) is 0 Å². The normalized spacial score (nSPS) is 51.2. The Kier molecular flexibility index (Phi) is 4.36. The van der Waals surface area contributed by atoms with Crippen LogP contribution in [-0.2, 0) is 14.6 Å². The van der Waals surface area contributed by atoms with Gasteiger partial charge in [-0.25, -0.2) is 4.18 Å². The number of aliphatic hydroxyl groups is 2. The highest BCUT2D eigenvalue weighted by Crippen LogP contribution is 2.65. The molecule has 0 aromatic rings. The summed E-state index contributed by atoms with van der Waals surface area (Å²) in [6.45, 7) is 4.33. The molecule has 0 aromatic heterocycles. The zero-order valence-electron chi connectivity index (χ0n) is 15.5. The van der Waals surface area contributed by atoms with Gasteiger partial charge < -0.3 is 10.2 Å². The van der Waals surface area contributed by atoms with E-state index in [4.69, 9.17) is 8.74 Å². The molecule has 4 aliphatic rings. The monoisotopic (exact) mass is 386 g/mol. The van der Waals surface area contributed by atoms with E-state index in [9.17, 15) is 18.6 Å². The third-order valence-electron chi connectivity index (χ3n) is 8.25. The second-order valence-electron chi connectivity index (χ2n) is 9.42. The lowest BCUT2D eigenvalue weighted by molar-refractivity contribution is -0.101.